The summed E-state index contributed by atoms with van der Waals surface area (Å²) >= 11 is 0. The molecule has 0 N–H and O–H groups in total. The third-order valence-electron chi connectivity index (χ3n) is 8.32. The smallest absolute Gasteiger partial charge is 0.317 e. The normalized spacial score (nSPS) is 27.9. The average Bonchev–Trinajstić information content (AvgIpc) is 3.20. The molecule has 4 heterocycles. The Labute approximate surface area is 212 Å². The predicted octanol–water partition coefficient (Wildman–Crippen LogP) is 1.23. The van der Waals surface area contributed by atoms with E-state index in [1.807, 2.05) is 18.2 Å². The molecule has 3 saturated heterocycles. The van der Waals surface area contributed by atoms with Gasteiger partial charge in [0, 0.05) is 18.8 Å². The molecule has 2 bridgehead atoms. The number of benzene rings is 1. The van der Waals surface area contributed by atoms with Gasteiger partial charge in [-0.1, -0.05) is 56.0 Å². The number of carbonyl (C=O) groups excluding carboxylic acids is 2. The lowest BCUT2D eigenvalue weighted by atomic mass is 9.74. The number of hydrogen-bond acceptors (Lipinski definition) is 5. The highest BCUT2D eigenvalue weighted by molar-refractivity contribution is 5.83. The summed E-state index contributed by atoms with van der Waals surface area (Å²) in [6.45, 7) is 3.19. The van der Waals surface area contributed by atoms with Crippen LogP contribution in [-0.2, 0) is 26.2 Å². The zero-order chi connectivity index (χ0) is 22.7. The summed E-state index contributed by atoms with van der Waals surface area (Å²) in [5.41, 5.74) is 0.568. The van der Waals surface area contributed by atoms with Gasteiger partial charge in [-0.3, -0.25) is 9.59 Å². The van der Waals surface area contributed by atoms with Crippen molar-refractivity contribution in [3.63, 3.8) is 0 Å². The molecule has 7 heteroatoms. The van der Waals surface area contributed by atoms with E-state index in [1.54, 1.807) is 6.20 Å². The fraction of sp³-hybridized carbons (Fsp3) is 0.593. The molecule has 184 valence electrons. The molecule has 1 aliphatic carbocycles. The maximum atomic E-state index is 13.8. The summed E-state index contributed by atoms with van der Waals surface area (Å²) in [5.74, 6) is 0.992. The molecule has 34 heavy (non-hydrogen) atoms. The summed E-state index contributed by atoms with van der Waals surface area (Å²) < 4.78 is 12.4. The molecule has 0 radical (unpaired) electrons. The van der Waals surface area contributed by atoms with Crippen molar-refractivity contribution in [2.75, 3.05) is 26.2 Å². The number of aromatic nitrogens is 1. The molecule has 6 rings (SSSR count). The fourth-order valence-corrected chi connectivity index (χ4v) is 6.47. The van der Waals surface area contributed by atoms with E-state index in [0.29, 0.717) is 18.4 Å². The molecule has 6 nitrogen and oxygen atoms in total. The Balaban J connectivity index is 0.00000274. The monoisotopic (exact) mass is 530 g/mol. The number of ketones is 1. The van der Waals surface area contributed by atoms with Gasteiger partial charge in [-0.05, 0) is 18.4 Å². The molecule has 0 amide bonds. The summed E-state index contributed by atoms with van der Waals surface area (Å²) in [6.07, 6.45) is 11.5. The van der Waals surface area contributed by atoms with Crippen molar-refractivity contribution in [1.29, 1.82) is 0 Å². The third-order valence-corrected chi connectivity index (χ3v) is 8.32. The number of piperidine rings is 3. The lowest BCUT2D eigenvalue weighted by molar-refractivity contribution is -0.939. The van der Waals surface area contributed by atoms with Crippen LogP contribution in [0.3, 0.4) is 0 Å². The van der Waals surface area contributed by atoms with Crippen molar-refractivity contribution >= 4 is 11.8 Å². The summed E-state index contributed by atoms with van der Waals surface area (Å²) in [7, 11) is 0. The van der Waals surface area contributed by atoms with Gasteiger partial charge < -0.3 is 30.6 Å². The first kappa shape index (κ1) is 25.1. The molecule has 1 aromatic carbocycles. The van der Waals surface area contributed by atoms with Gasteiger partial charge >= 0.3 is 5.97 Å². The third kappa shape index (κ3) is 5.15. The van der Waals surface area contributed by atoms with Crippen LogP contribution in [0.2, 0.25) is 0 Å². The quantitative estimate of drug-likeness (QED) is 0.306. The van der Waals surface area contributed by atoms with Crippen LogP contribution in [0.15, 0.2) is 47.2 Å². The van der Waals surface area contributed by atoms with Gasteiger partial charge in [0.2, 0.25) is 5.89 Å². The van der Waals surface area contributed by atoms with Crippen molar-refractivity contribution in [3.05, 3.63) is 54.2 Å². The highest BCUT2D eigenvalue weighted by Crippen LogP contribution is 2.42. The van der Waals surface area contributed by atoms with E-state index in [0.717, 1.165) is 68.2 Å². The summed E-state index contributed by atoms with van der Waals surface area (Å²) in [4.78, 5) is 30.7. The first-order chi connectivity index (χ1) is 16.1. The number of esters is 1. The molecular formula is C27H35BrN2O4. The highest BCUT2D eigenvalue weighted by Gasteiger charge is 2.51. The summed E-state index contributed by atoms with van der Waals surface area (Å²) in [5, 5.41) is 0. The predicted molar refractivity (Wildman–Crippen MR) is 123 cm³/mol. The van der Waals surface area contributed by atoms with Gasteiger partial charge in [-0.2, -0.15) is 0 Å². The maximum absolute atomic E-state index is 13.8. The molecule has 1 saturated carbocycles. The minimum atomic E-state index is -0.532. The zero-order valence-corrected chi connectivity index (χ0v) is 21.4. The molecule has 1 atom stereocenters. The van der Waals surface area contributed by atoms with Crippen molar-refractivity contribution in [3.8, 4) is 0 Å². The van der Waals surface area contributed by atoms with Crippen molar-refractivity contribution < 1.29 is 40.2 Å². The molecular weight excluding hydrogens is 496 g/mol. The van der Waals surface area contributed by atoms with Gasteiger partial charge in [-0.25, -0.2) is 4.98 Å². The Bertz CT molecular complexity index is 946. The Morgan fingerprint density at radius 3 is 2.41 bits per heavy atom. The standard InChI is InChI=1S/C27H35N2O4.BrH/c30-23(18-25-28-14-17-32-25)19-29-15-10-21(11-16-29)24(20-29)33-26(31)27(12-6-1-2-7-13-27)22-8-4-3-5-9-22;/h3-5,8-9,14,17,21,24H,1-2,6-7,10-13,15-16,18-20H2;1H/q+1;/p-1/t21?,24-,29?;/m0./s1. The Kier molecular flexibility index (Phi) is 7.93. The van der Waals surface area contributed by atoms with Gasteiger partial charge in [0.05, 0.1) is 31.1 Å². The van der Waals surface area contributed by atoms with Gasteiger partial charge in [-0.15, -0.1) is 0 Å². The number of quaternary nitrogens is 1. The van der Waals surface area contributed by atoms with Crippen molar-refractivity contribution in [2.45, 2.75) is 69.3 Å². The molecule has 2 aromatic rings. The first-order valence-electron chi connectivity index (χ1n) is 12.6. The number of ether oxygens (including phenoxy) is 1. The van der Waals surface area contributed by atoms with E-state index in [-0.39, 0.29) is 41.3 Å². The average molecular weight is 531 g/mol. The number of carbonyl (C=O) groups is 2. The topological polar surface area (TPSA) is 69.4 Å². The molecule has 3 aliphatic heterocycles. The van der Waals surface area contributed by atoms with Gasteiger partial charge in [0.25, 0.3) is 0 Å². The Morgan fingerprint density at radius 1 is 1.06 bits per heavy atom. The van der Waals surface area contributed by atoms with Crippen LogP contribution in [0.1, 0.15) is 62.8 Å². The molecule has 0 spiro atoms. The molecule has 4 aliphatic rings. The number of fused-ring (bicyclic) bond motifs is 3. The van der Waals surface area contributed by atoms with Gasteiger partial charge in [0.15, 0.2) is 11.9 Å². The largest absolute Gasteiger partial charge is 1.00 e. The van der Waals surface area contributed by atoms with E-state index >= 15 is 0 Å². The van der Waals surface area contributed by atoms with Crippen LogP contribution in [0, 0.1) is 5.92 Å². The number of Topliss-reactive ketones (excluding diaryl/α,β-unsaturated/α-hetero) is 1. The fourth-order valence-electron chi connectivity index (χ4n) is 6.47. The van der Waals surface area contributed by atoms with Crippen LogP contribution in [0.5, 0.6) is 0 Å². The van der Waals surface area contributed by atoms with Crippen molar-refractivity contribution in [2.24, 2.45) is 5.92 Å². The summed E-state index contributed by atoms with van der Waals surface area (Å²) in [6, 6.07) is 10.3. The van der Waals surface area contributed by atoms with Crippen LogP contribution >= 0.6 is 0 Å². The number of halogens is 1. The maximum Gasteiger partial charge on any atom is 0.317 e. The second-order valence-electron chi connectivity index (χ2n) is 10.4. The molecule has 1 aromatic heterocycles. The second-order valence-corrected chi connectivity index (χ2v) is 10.4. The van der Waals surface area contributed by atoms with Gasteiger partial charge in [0.1, 0.15) is 19.4 Å². The molecule has 0 unspecified atom stereocenters. The van der Waals surface area contributed by atoms with E-state index in [9.17, 15) is 9.59 Å². The number of oxazole rings is 1. The Morgan fingerprint density at radius 2 is 1.76 bits per heavy atom. The van der Waals surface area contributed by atoms with E-state index in [4.69, 9.17) is 9.15 Å². The zero-order valence-electron chi connectivity index (χ0n) is 19.8. The minimum absolute atomic E-state index is 0. The highest BCUT2D eigenvalue weighted by atomic mass is 79.9. The molecule has 4 fully saturated rings. The van der Waals surface area contributed by atoms with Crippen LogP contribution < -0.4 is 17.0 Å². The van der Waals surface area contributed by atoms with E-state index in [1.165, 1.54) is 19.1 Å². The number of nitrogens with zero attached hydrogens (tertiary/aromatic N) is 2. The number of rotatable bonds is 7. The van der Waals surface area contributed by atoms with E-state index in [2.05, 4.69) is 17.1 Å². The van der Waals surface area contributed by atoms with Crippen LogP contribution in [0.25, 0.3) is 0 Å². The SMILES string of the molecule is O=C(Cc1ncco1)C[N+]12CCC(CC1)[C@@H](OC(=O)C1(c3ccccc3)CCCCCC1)C2.[Br-]. The first-order valence-corrected chi connectivity index (χ1v) is 12.6. The van der Waals surface area contributed by atoms with E-state index < -0.39 is 5.41 Å². The van der Waals surface area contributed by atoms with Crippen molar-refractivity contribution in [1.82, 2.24) is 4.98 Å². The second kappa shape index (κ2) is 10.7. The minimum Gasteiger partial charge on any atom is -1.00 e. The lowest BCUT2D eigenvalue weighted by Crippen LogP contribution is -3.00. The van der Waals surface area contributed by atoms with Crippen LogP contribution in [-0.4, -0.2) is 53.5 Å². The van der Waals surface area contributed by atoms with Crippen LogP contribution in [0.4, 0.5) is 0 Å². The number of hydrogen-bond donors (Lipinski definition) is 0. The lowest BCUT2D eigenvalue weighted by Gasteiger charge is -2.52. The Hall–Kier alpha value is -1.99.